The van der Waals surface area contributed by atoms with E-state index in [1.165, 1.54) is 12.3 Å². The Morgan fingerprint density at radius 3 is 2.46 bits per heavy atom. The lowest BCUT2D eigenvalue weighted by Gasteiger charge is -2.20. The van der Waals surface area contributed by atoms with Crippen LogP contribution in [0.25, 0.3) is 0 Å². The molecule has 126 valence electrons. The Morgan fingerprint density at radius 1 is 1.08 bits per heavy atom. The molecule has 1 heterocycles. The third-order valence-electron chi connectivity index (χ3n) is 3.39. The number of carbonyl (C=O) groups excluding carboxylic acids is 2. The Bertz CT molecular complexity index is 748. The Kier molecular flexibility index (Phi) is 5.34. The topological polar surface area (TPSA) is 71.1 Å². The molecular weight excluding hydrogens is 302 g/mol. The minimum absolute atomic E-state index is 0.223. The van der Waals surface area contributed by atoms with Crippen molar-refractivity contribution in [2.45, 2.75) is 39.7 Å². The van der Waals surface area contributed by atoms with Crippen molar-refractivity contribution >= 4 is 17.5 Å². The van der Waals surface area contributed by atoms with Crippen LogP contribution in [0.5, 0.6) is 0 Å². The van der Waals surface area contributed by atoms with E-state index in [1.54, 1.807) is 6.07 Å². The van der Waals surface area contributed by atoms with E-state index in [0.29, 0.717) is 5.56 Å². The summed E-state index contributed by atoms with van der Waals surface area (Å²) in [4.78, 5) is 28.7. The number of amides is 2. The Labute approximate surface area is 142 Å². The first kappa shape index (κ1) is 17.7. The summed E-state index contributed by atoms with van der Waals surface area (Å²) in [5.41, 5.74) is 2.10. The quantitative estimate of drug-likeness (QED) is 0.905. The van der Waals surface area contributed by atoms with Crippen LogP contribution in [0.15, 0.2) is 42.6 Å². The number of hydrogen-bond acceptors (Lipinski definition) is 3. The van der Waals surface area contributed by atoms with Crippen molar-refractivity contribution in [3.05, 3.63) is 59.4 Å². The second-order valence-corrected chi connectivity index (χ2v) is 6.60. The average Bonchev–Trinajstić information content (AvgIpc) is 2.54. The van der Waals surface area contributed by atoms with Gasteiger partial charge in [-0.1, -0.05) is 25.1 Å². The standard InChI is InChI=1S/C19H23N3O2/c1-5-13-8-6-7-9-15(13)21-17(23)14-10-11-20-16(12-14)18(24)22-19(2,3)4/h6-12H,5H2,1-4H3,(H,21,23)(H,22,24). The van der Waals surface area contributed by atoms with E-state index in [2.05, 4.69) is 15.6 Å². The molecule has 1 aromatic heterocycles. The number of nitrogens with zero attached hydrogens (tertiary/aromatic N) is 1. The molecule has 0 spiro atoms. The molecule has 2 amide bonds. The maximum atomic E-state index is 12.5. The van der Waals surface area contributed by atoms with E-state index in [1.807, 2.05) is 52.0 Å². The maximum absolute atomic E-state index is 12.5. The predicted octanol–water partition coefficient (Wildman–Crippen LogP) is 3.42. The molecule has 0 aliphatic rings. The zero-order valence-corrected chi connectivity index (χ0v) is 14.5. The van der Waals surface area contributed by atoms with Gasteiger partial charge in [-0.15, -0.1) is 0 Å². The highest BCUT2D eigenvalue weighted by atomic mass is 16.2. The van der Waals surface area contributed by atoms with Gasteiger partial charge in [-0.3, -0.25) is 14.6 Å². The minimum atomic E-state index is -0.364. The lowest BCUT2D eigenvalue weighted by atomic mass is 10.1. The number of pyridine rings is 1. The summed E-state index contributed by atoms with van der Waals surface area (Å²) in [7, 11) is 0. The Morgan fingerprint density at radius 2 is 1.79 bits per heavy atom. The summed E-state index contributed by atoms with van der Waals surface area (Å²) >= 11 is 0. The molecule has 5 nitrogen and oxygen atoms in total. The molecule has 0 aliphatic heterocycles. The maximum Gasteiger partial charge on any atom is 0.270 e. The van der Waals surface area contributed by atoms with Gasteiger partial charge in [0.25, 0.3) is 11.8 Å². The zero-order chi connectivity index (χ0) is 17.7. The van der Waals surface area contributed by atoms with Crippen LogP contribution in [-0.4, -0.2) is 22.3 Å². The lowest BCUT2D eigenvalue weighted by Crippen LogP contribution is -2.41. The molecule has 0 aliphatic carbocycles. The van der Waals surface area contributed by atoms with Crippen molar-refractivity contribution in [3.8, 4) is 0 Å². The summed E-state index contributed by atoms with van der Waals surface area (Å²) in [5, 5.41) is 5.73. The molecule has 0 unspecified atom stereocenters. The van der Waals surface area contributed by atoms with Crippen molar-refractivity contribution < 1.29 is 9.59 Å². The number of para-hydroxylation sites is 1. The summed E-state index contributed by atoms with van der Waals surface area (Å²) in [6, 6.07) is 10.8. The second-order valence-electron chi connectivity index (χ2n) is 6.60. The summed E-state index contributed by atoms with van der Waals surface area (Å²) in [5.74, 6) is -0.561. The minimum Gasteiger partial charge on any atom is -0.346 e. The highest BCUT2D eigenvalue weighted by Gasteiger charge is 2.18. The molecule has 2 rings (SSSR count). The van der Waals surface area contributed by atoms with Crippen molar-refractivity contribution in [1.82, 2.24) is 10.3 Å². The first-order chi connectivity index (χ1) is 11.3. The van der Waals surface area contributed by atoms with Crippen LogP contribution in [-0.2, 0) is 6.42 Å². The third-order valence-corrected chi connectivity index (χ3v) is 3.39. The molecule has 0 saturated carbocycles. The first-order valence-electron chi connectivity index (χ1n) is 7.98. The summed E-state index contributed by atoms with van der Waals surface area (Å²) < 4.78 is 0. The van der Waals surface area contributed by atoms with Gasteiger partial charge in [0.1, 0.15) is 5.69 Å². The smallest absolute Gasteiger partial charge is 0.270 e. The van der Waals surface area contributed by atoms with E-state index in [4.69, 9.17) is 0 Å². The molecule has 2 aromatic rings. The van der Waals surface area contributed by atoms with Crippen molar-refractivity contribution in [2.24, 2.45) is 0 Å². The molecular formula is C19H23N3O2. The van der Waals surface area contributed by atoms with E-state index in [9.17, 15) is 9.59 Å². The molecule has 0 radical (unpaired) electrons. The monoisotopic (exact) mass is 325 g/mol. The summed E-state index contributed by atoms with van der Waals surface area (Å²) in [6.07, 6.45) is 2.30. The van der Waals surface area contributed by atoms with Gasteiger partial charge < -0.3 is 10.6 Å². The zero-order valence-electron chi connectivity index (χ0n) is 14.5. The van der Waals surface area contributed by atoms with Gasteiger partial charge in [0.05, 0.1) is 0 Å². The molecule has 2 N–H and O–H groups in total. The van der Waals surface area contributed by atoms with Crippen LogP contribution in [0.4, 0.5) is 5.69 Å². The van der Waals surface area contributed by atoms with Gasteiger partial charge in [0.15, 0.2) is 0 Å². The molecule has 0 bridgehead atoms. The fourth-order valence-corrected chi connectivity index (χ4v) is 2.25. The predicted molar refractivity (Wildman–Crippen MR) is 95.2 cm³/mol. The first-order valence-corrected chi connectivity index (χ1v) is 7.98. The van der Waals surface area contributed by atoms with Crippen LogP contribution in [0.1, 0.15) is 54.1 Å². The average molecular weight is 325 g/mol. The van der Waals surface area contributed by atoms with E-state index >= 15 is 0 Å². The number of aryl methyl sites for hydroxylation is 1. The van der Waals surface area contributed by atoms with Crippen LogP contribution in [0.3, 0.4) is 0 Å². The van der Waals surface area contributed by atoms with Crippen molar-refractivity contribution in [2.75, 3.05) is 5.32 Å². The Balaban J connectivity index is 2.19. The SMILES string of the molecule is CCc1ccccc1NC(=O)c1ccnc(C(=O)NC(C)(C)C)c1. The molecule has 0 saturated heterocycles. The van der Waals surface area contributed by atoms with Crippen LogP contribution in [0, 0.1) is 0 Å². The number of anilines is 1. The fraction of sp³-hybridized carbons (Fsp3) is 0.316. The highest BCUT2D eigenvalue weighted by Crippen LogP contribution is 2.17. The van der Waals surface area contributed by atoms with E-state index < -0.39 is 0 Å². The molecule has 24 heavy (non-hydrogen) atoms. The largest absolute Gasteiger partial charge is 0.346 e. The van der Waals surface area contributed by atoms with Gasteiger partial charge in [-0.25, -0.2) is 0 Å². The molecule has 1 aromatic carbocycles. The van der Waals surface area contributed by atoms with E-state index in [-0.39, 0.29) is 23.0 Å². The number of aromatic nitrogens is 1. The van der Waals surface area contributed by atoms with Crippen molar-refractivity contribution in [3.63, 3.8) is 0 Å². The van der Waals surface area contributed by atoms with E-state index in [0.717, 1.165) is 17.7 Å². The fourth-order valence-electron chi connectivity index (χ4n) is 2.25. The third kappa shape index (κ3) is 4.65. The molecule has 0 atom stereocenters. The van der Waals surface area contributed by atoms with Crippen molar-refractivity contribution in [1.29, 1.82) is 0 Å². The number of rotatable bonds is 4. The van der Waals surface area contributed by atoms with Crippen LogP contribution < -0.4 is 10.6 Å². The van der Waals surface area contributed by atoms with Gasteiger partial charge in [0, 0.05) is 23.0 Å². The lowest BCUT2D eigenvalue weighted by molar-refractivity contribution is 0.0914. The molecule has 5 heteroatoms. The van der Waals surface area contributed by atoms with Gasteiger partial charge in [-0.2, -0.15) is 0 Å². The van der Waals surface area contributed by atoms with Gasteiger partial charge in [0.2, 0.25) is 0 Å². The normalized spacial score (nSPS) is 11.0. The number of nitrogens with one attached hydrogen (secondary N) is 2. The summed E-state index contributed by atoms with van der Waals surface area (Å²) in [6.45, 7) is 7.71. The van der Waals surface area contributed by atoms with Gasteiger partial charge >= 0.3 is 0 Å². The highest BCUT2D eigenvalue weighted by molar-refractivity contribution is 6.06. The van der Waals surface area contributed by atoms with Gasteiger partial charge in [-0.05, 0) is 51.0 Å². The number of carbonyl (C=O) groups is 2. The second kappa shape index (κ2) is 7.25. The number of benzene rings is 1. The van der Waals surface area contributed by atoms with Crippen LogP contribution >= 0.6 is 0 Å². The Hall–Kier alpha value is -2.69. The molecule has 0 fully saturated rings. The van der Waals surface area contributed by atoms with Crippen LogP contribution in [0.2, 0.25) is 0 Å². The number of hydrogen-bond donors (Lipinski definition) is 2.